The molecule has 0 fully saturated rings. The summed E-state index contributed by atoms with van der Waals surface area (Å²) < 4.78 is 135. The van der Waals surface area contributed by atoms with E-state index in [-0.39, 0.29) is 29.0 Å². The molecule has 1 atom stereocenters. The van der Waals surface area contributed by atoms with E-state index >= 15 is 8.78 Å². The fourth-order valence-corrected chi connectivity index (χ4v) is 6.96. The van der Waals surface area contributed by atoms with Crippen molar-refractivity contribution < 1.29 is 53.5 Å². The van der Waals surface area contributed by atoms with Crippen molar-refractivity contribution in [3.8, 4) is 5.75 Å². The molecule has 0 saturated heterocycles. The Kier molecular flexibility index (Phi) is 9.66. The Balaban J connectivity index is 2.65. The fourth-order valence-electron chi connectivity index (χ4n) is 2.95. The summed E-state index contributed by atoms with van der Waals surface area (Å²) in [6, 6.07) is -0.787. The van der Waals surface area contributed by atoms with Crippen molar-refractivity contribution in [3.05, 3.63) is 27.0 Å². The van der Waals surface area contributed by atoms with Gasteiger partial charge in [0.05, 0.1) is 24.5 Å². The average molecular weight is 622 g/mol. The molecule has 1 heterocycles. The van der Waals surface area contributed by atoms with Crippen LogP contribution in [0, 0.1) is 0 Å². The second kappa shape index (κ2) is 11.2. The van der Waals surface area contributed by atoms with Gasteiger partial charge in [0.25, 0.3) is 0 Å². The summed E-state index contributed by atoms with van der Waals surface area (Å²) in [7, 11) is -5.07. The molecule has 0 amide bonds. The lowest BCUT2D eigenvalue weighted by Gasteiger charge is -2.25. The summed E-state index contributed by atoms with van der Waals surface area (Å²) in [6.07, 6.45) is -11.1. The topological polar surface area (TPSA) is 70.8 Å². The zero-order valence-corrected chi connectivity index (χ0v) is 21.5. The molecule has 2 rings (SSSR count). The first-order chi connectivity index (χ1) is 16.0. The first-order valence-electron chi connectivity index (χ1n) is 10.0. The van der Waals surface area contributed by atoms with Crippen LogP contribution in [0.1, 0.15) is 43.2 Å². The van der Waals surface area contributed by atoms with Gasteiger partial charge in [-0.1, -0.05) is 0 Å². The molecule has 1 aromatic carbocycles. The fraction of sp³-hybridized carbons (Fsp3) is 0.579. The van der Waals surface area contributed by atoms with E-state index in [1.807, 2.05) is 0 Å². The highest BCUT2D eigenvalue weighted by molar-refractivity contribution is 9.10. The van der Waals surface area contributed by atoms with Gasteiger partial charge in [-0.3, -0.25) is 4.57 Å². The summed E-state index contributed by atoms with van der Waals surface area (Å²) in [6.45, 7) is 1.32. The van der Waals surface area contributed by atoms with E-state index in [0.29, 0.717) is 11.3 Å². The number of alkyl halides is 8. The molecule has 16 heteroatoms. The van der Waals surface area contributed by atoms with Crippen LogP contribution in [0.15, 0.2) is 16.6 Å². The van der Waals surface area contributed by atoms with E-state index in [0.717, 1.165) is 12.1 Å². The number of nitrogens with two attached hydrogens (primary N) is 1. The number of benzene rings is 1. The van der Waals surface area contributed by atoms with Crippen LogP contribution in [-0.4, -0.2) is 32.2 Å². The molecule has 200 valence electrons. The Morgan fingerprint density at radius 2 is 1.63 bits per heavy atom. The van der Waals surface area contributed by atoms with Gasteiger partial charge in [-0.2, -0.15) is 35.1 Å². The third-order valence-corrected chi connectivity index (χ3v) is 9.14. The third kappa shape index (κ3) is 6.86. The molecule has 1 unspecified atom stereocenters. The zero-order chi connectivity index (χ0) is 26.8. The Morgan fingerprint density at radius 1 is 1.06 bits per heavy atom. The molecule has 0 bridgehead atoms. The van der Waals surface area contributed by atoms with E-state index in [4.69, 9.17) is 19.5 Å². The number of fused-ring (bicyclic) bond motifs is 1. The van der Waals surface area contributed by atoms with Crippen LogP contribution in [0.5, 0.6) is 5.75 Å². The van der Waals surface area contributed by atoms with Gasteiger partial charge in [0.15, 0.2) is 0 Å². The maximum absolute atomic E-state index is 15.4. The summed E-state index contributed by atoms with van der Waals surface area (Å²) in [5.41, 5.74) is 0.473. The van der Waals surface area contributed by atoms with E-state index < -0.39 is 66.0 Å². The van der Waals surface area contributed by atoms with Crippen LogP contribution in [0.4, 0.5) is 35.1 Å². The normalized spacial score (nSPS) is 14.5. The predicted octanol–water partition coefficient (Wildman–Crippen LogP) is 8.26. The number of hydrogen-bond donors (Lipinski definition) is 1. The maximum Gasteiger partial charge on any atom is 0.407 e. The predicted molar refractivity (Wildman–Crippen MR) is 118 cm³/mol. The molecule has 1 aromatic heterocycles. The van der Waals surface area contributed by atoms with E-state index in [9.17, 15) is 30.9 Å². The molecule has 5 nitrogen and oxygen atoms in total. The van der Waals surface area contributed by atoms with Crippen LogP contribution in [0.3, 0.4) is 0 Å². The lowest BCUT2D eigenvalue weighted by Crippen LogP contribution is -2.28. The maximum atomic E-state index is 15.4. The second-order valence-corrected chi connectivity index (χ2v) is 11.0. The van der Waals surface area contributed by atoms with Crippen LogP contribution in [-0.2, 0) is 19.3 Å². The minimum atomic E-state index is -5.07. The van der Waals surface area contributed by atoms with Gasteiger partial charge >= 0.3 is 25.6 Å². The molecule has 0 radical (unpaired) electrons. The SMILES string of the molecule is CCOP(=O)(OCC)C(F)(F)c1sc2c(OCCCC(F)(F)F)cc(C(N)C(F)(F)F)cc2c1Br. The number of rotatable bonds is 11. The number of hydrogen-bond acceptors (Lipinski definition) is 6. The molecule has 2 N–H and O–H groups in total. The van der Waals surface area contributed by atoms with E-state index in [1.54, 1.807) is 0 Å². The summed E-state index contributed by atoms with van der Waals surface area (Å²) in [5.74, 6) is -0.380. The summed E-state index contributed by atoms with van der Waals surface area (Å²) in [4.78, 5) is -0.879. The van der Waals surface area contributed by atoms with Crippen molar-refractivity contribution in [1.82, 2.24) is 0 Å². The van der Waals surface area contributed by atoms with Crippen LogP contribution >= 0.6 is 34.9 Å². The standard InChI is InChI=1S/C19H21BrF8NO4PS/c1-3-32-34(30,33-4-2)19(27,28)16-13(20)11-8-10(15(29)18(24,25)26)9-12(14(11)35-16)31-7-5-6-17(21,22)23/h8-9,15H,3-7,29H2,1-2H3. The highest BCUT2D eigenvalue weighted by Crippen LogP contribution is 2.69. The van der Waals surface area contributed by atoms with Crippen molar-refractivity contribution in [2.24, 2.45) is 5.73 Å². The molecular weight excluding hydrogens is 601 g/mol. The van der Waals surface area contributed by atoms with Gasteiger partial charge in [0.1, 0.15) is 16.7 Å². The van der Waals surface area contributed by atoms with Gasteiger partial charge < -0.3 is 19.5 Å². The van der Waals surface area contributed by atoms with E-state index in [2.05, 4.69) is 15.9 Å². The number of ether oxygens (including phenoxy) is 1. The first-order valence-corrected chi connectivity index (χ1v) is 13.2. The van der Waals surface area contributed by atoms with Crippen LogP contribution in [0.25, 0.3) is 10.1 Å². The molecule has 0 aliphatic carbocycles. The second-order valence-electron chi connectivity index (χ2n) is 7.10. The molecule has 0 aliphatic rings. The monoisotopic (exact) mass is 621 g/mol. The lowest BCUT2D eigenvalue weighted by atomic mass is 10.0. The van der Waals surface area contributed by atoms with Crippen molar-refractivity contribution in [3.63, 3.8) is 0 Å². The molecule has 0 spiro atoms. The highest BCUT2D eigenvalue weighted by atomic mass is 79.9. The van der Waals surface area contributed by atoms with Crippen molar-refractivity contribution >= 4 is 44.9 Å². The summed E-state index contributed by atoms with van der Waals surface area (Å²) >= 11 is 3.26. The van der Waals surface area contributed by atoms with Gasteiger partial charge in [0.2, 0.25) is 0 Å². The minimum Gasteiger partial charge on any atom is -0.492 e. The minimum absolute atomic E-state index is 0.115. The van der Waals surface area contributed by atoms with Gasteiger partial charge in [-0.05, 0) is 53.9 Å². The van der Waals surface area contributed by atoms with Crippen molar-refractivity contribution in [2.45, 2.75) is 50.7 Å². The largest absolute Gasteiger partial charge is 0.492 e. The quantitative estimate of drug-likeness (QED) is 0.155. The Morgan fingerprint density at radius 3 is 2.11 bits per heavy atom. The van der Waals surface area contributed by atoms with Gasteiger partial charge in [-0.15, -0.1) is 11.3 Å². The molecule has 0 aliphatic heterocycles. The third-order valence-electron chi connectivity index (χ3n) is 4.51. The number of halogens is 9. The van der Waals surface area contributed by atoms with Gasteiger partial charge in [0, 0.05) is 16.3 Å². The molecule has 0 saturated carbocycles. The molecule has 35 heavy (non-hydrogen) atoms. The average Bonchev–Trinajstić information content (AvgIpc) is 3.06. The zero-order valence-electron chi connectivity index (χ0n) is 18.2. The summed E-state index contributed by atoms with van der Waals surface area (Å²) in [5, 5.41) is -0.188. The van der Waals surface area contributed by atoms with Crippen molar-refractivity contribution in [2.75, 3.05) is 19.8 Å². The van der Waals surface area contributed by atoms with Crippen molar-refractivity contribution in [1.29, 1.82) is 0 Å². The molecule has 2 aromatic rings. The smallest absolute Gasteiger partial charge is 0.407 e. The number of thiophene rings is 1. The Labute approximate surface area is 207 Å². The van der Waals surface area contributed by atoms with Crippen LogP contribution < -0.4 is 10.5 Å². The first kappa shape index (κ1) is 30.2. The Bertz CT molecular complexity index is 1070. The van der Waals surface area contributed by atoms with Gasteiger partial charge in [-0.25, -0.2) is 0 Å². The highest BCUT2D eigenvalue weighted by Gasteiger charge is 2.57. The van der Waals surface area contributed by atoms with E-state index in [1.165, 1.54) is 13.8 Å². The lowest BCUT2D eigenvalue weighted by molar-refractivity contribution is -0.149. The Hall–Kier alpha value is -0.990. The molecular formula is C19H21BrF8NO4PS. The van der Waals surface area contributed by atoms with Crippen LogP contribution in [0.2, 0.25) is 0 Å².